The number of hydrogen-bond acceptors (Lipinski definition) is 6. The average Bonchev–Trinajstić information content (AvgIpc) is 2.36. The quantitative estimate of drug-likeness (QED) is 0.574. The molecule has 8 heteroatoms. The van der Waals surface area contributed by atoms with Crippen molar-refractivity contribution in [1.29, 1.82) is 0 Å². The standard InChI is InChI=1S/C12H16BrNO6/c1-7(15)10-3-8(13)4-11(14(17)18)12(10)20-6-9(16)5-19-2/h3-4,7,9,15-16H,5-6H2,1-2H3/t7-,9?/m0/s1. The van der Waals surface area contributed by atoms with Gasteiger partial charge in [0, 0.05) is 23.2 Å². The number of nitrogens with zero attached hydrogens (tertiary/aromatic N) is 1. The number of nitro groups is 1. The van der Waals surface area contributed by atoms with Crippen LogP contribution < -0.4 is 4.74 Å². The van der Waals surface area contributed by atoms with Gasteiger partial charge in [-0.15, -0.1) is 0 Å². The largest absolute Gasteiger partial charge is 0.484 e. The summed E-state index contributed by atoms with van der Waals surface area (Å²) in [7, 11) is 1.42. The van der Waals surface area contributed by atoms with Gasteiger partial charge in [0.2, 0.25) is 5.75 Å². The van der Waals surface area contributed by atoms with Crippen molar-refractivity contribution in [3.05, 3.63) is 32.3 Å². The molecule has 0 spiro atoms. The van der Waals surface area contributed by atoms with E-state index in [-0.39, 0.29) is 30.2 Å². The van der Waals surface area contributed by atoms with Crippen LogP contribution >= 0.6 is 15.9 Å². The van der Waals surface area contributed by atoms with Gasteiger partial charge in [-0.3, -0.25) is 10.1 Å². The van der Waals surface area contributed by atoms with Crippen molar-refractivity contribution in [2.45, 2.75) is 19.1 Å². The summed E-state index contributed by atoms with van der Waals surface area (Å²) in [5, 5.41) is 30.3. The van der Waals surface area contributed by atoms with Gasteiger partial charge in [-0.1, -0.05) is 15.9 Å². The van der Waals surface area contributed by atoms with Crippen molar-refractivity contribution >= 4 is 21.6 Å². The van der Waals surface area contributed by atoms with Crippen LogP contribution in [0, 0.1) is 10.1 Å². The zero-order valence-electron chi connectivity index (χ0n) is 11.1. The van der Waals surface area contributed by atoms with Crippen LogP contribution in [0.25, 0.3) is 0 Å². The summed E-state index contributed by atoms with van der Waals surface area (Å²) < 4.78 is 10.5. The molecule has 2 N–H and O–H groups in total. The van der Waals surface area contributed by atoms with Crippen LogP contribution in [0.5, 0.6) is 5.75 Å². The molecule has 7 nitrogen and oxygen atoms in total. The third-order valence-electron chi connectivity index (χ3n) is 2.49. The molecule has 0 aliphatic rings. The molecule has 1 aromatic rings. The maximum absolute atomic E-state index is 11.1. The highest BCUT2D eigenvalue weighted by atomic mass is 79.9. The van der Waals surface area contributed by atoms with Crippen LogP contribution in [0.4, 0.5) is 5.69 Å². The molecule has 1 unspecified atom stereocenters. The number of benzene rings is 1. The van der Waals surface area contributed by atoms with Gasteiger partial charge in [0.05, 0.1) is 17.6 Å². The average molecular weight is 350 g/mol. The zero-order valence-corrected chi connectivity index (χ0v) is 12.7. The number of nitro benzene ring substituents is 1. The predicted octanol–water partition coefficient (Wildman–Crippen LogP) is 1.80. The molecular formula is C12H16BrNO6. The second-order valence-corrected chi connectivity index (χ2v) is 5.11. The molecule has 1 rings (SSSR count). The first-order chi connectivity index (χ1) is 9.36. The molecule has 0 bridgehead atoms. The fourth-order valence-corrected chi connectivity index (χ4v) is 2.09. The molecule has 0 amide bonds. The minimum Gasteiger partial charge on any atom is -0.484 e. The van der Waals surface area contributed by atoms with Crippen LogP contribution in [0.3, 0.4) is 0 Å². The molecule has 112 valence electrons. The van der Waals surface area contributed by atoms with Gasteiger partial charge in [0.15, 0.2) is 0 Å². The van der Waals surface area contributed by atoms with Crippen molar-refractivity contribution in [2.75, 3.05) is 20.3 Å². The highest BCUT2D eigenvalue weighted by Crippen LogP contribution is 2.37. The number of methoxy groups -OCH3 is 1. The molecule has 0 saturated heterocycles. The second-order valence-electron chi connectivity index (χ2n) is 4.20. The van der Waals surface area contributed by atoms with Gasteiger partial charge < -0.3 is 19.7 Å². The highest BCUT2D eigenvalue weighted by Gasteiger charge is 2.24. The van der Waals surface area contributed by atoms with Crippen LogP contribution in [-0.4, -0.2) is 41.6 Å². The number of aliphatic hydroxyl groups excluding tert-OH is 2. The van der Waals surface area contributed by atoms with Crippen molar-refractivity contribution in [1.82, 2.24) is 0 Å². The SMILES string of the molecule is COCC(O)COc1c([C@H](C)O)cc(Br)cc1[N+](=O)[O-]. The molecule has 0 fully saturated rings. The summed E-state index contributed by atoms with van der Waals surface area (Å²) in [5.74, 6) is -0.0525. The summed E-state index contributed by atoms with van der Waals surface area (Å²) in [4.78, 5) is 10.5. The molecule has 0 aliphatic carbocycles. The monoisotopic (exact) mass is 349 g/mol. The summed E-state index contributed by atoms with van der Waals surface area (Å²) >= 11 is 3.15. The minimum atomic E-state index is -0.944. The van der Waals surface area contributed by atoms with E-state index in [2.05, 4.69) is 15.9 Å². The van der Waals surface area contributed by atoms with E-state index in [0.717, 1.165) is 0 Å². The first-order valence-electron chi connectivity index (χ1n) is 5.82. The Morgan fingerprint density at radius 2 is 2.05 bits per heavy atom. The maximum atomic E-state index is 11.1. The Bertz CT molecular complexity index is 479. The van der Waals surface area contributed by atoms with Gasteiger partial charge in [0.25, 0.3) is 0 Å². The molecular weight excluding hydrogens is 334 g/mol. The Hall–Kier alpha value is -1.22. The van der Waals surface area contributed by atoms with Crippen LogP contribution in [0.1, 0.15) is 18.6 Å². The Kier molecular flexibility index (Phi) is 6.34. The summed E-state index contributed by atoms with van der Waals surface area (Å²) in [6.07, 6.45) is -1.86. The Morgan fingerprint density at radius 3 is 2.55 bits per heavy atom. The third-order valence-corrected chi connectivity index (χ3v) is 2.95. The predicted molar refractivity (Wildman–Crippen MR) is 74.8 cm³/mol. The van der Waals surface area contributed by atoms with E-state index in [0.29, 0.717) is 4.47 Å². The second kappa shape index (κ2) is 7.53. The molecule has 0 radical (unpaired) electrons. The van der Waals surface area contributed by atoms with Gasteiger partial charge >= 0.3 is 5.69 Å². The topological polar surface area (TPSA) is 102 Å². The number of hydrogen-bond donors (Lipinski definition) is 2. The Balaban J connectivity index is 3.10. The molecule has 2 atom stereocenters. The van der Waals surface area contributed by atoms with Gasteiger partial charge in [0.1, 0.15) is 12.7 Å². The number of halogens is 1. The third kappa shape index (κ3) is 4.41. The summed E-state index contributed by atoms with van der Waals surface area (Å²) in [6.45, 7) is 1.36. The lowest BCUT2D eigenvalue weighted by molar-refractivity contribution is -0.386. The fraction of sp³-hybridized carbons (Fsp3) is 0.500. The van der Waals surface area contributed by atoms with Gasteiger partial charge in [-0.25, -0.2) is 0 Å². The van der Waals surface area contributed by atoms with Crippen molar-refractivity contribution in [2.24, 2.45) is 0 Å². The smallest absolute Gasteiger partial charge is 0.312 e. The van der Waals surface area contributed by atoms with Gasteiger partial charge in [-0.2, -0.15) is 0 Å². The Labute approximate surface area is 124 Å². The van der Waals surface area contributed by atoms with Crippen molar-refractivity contribution in [3.8, 4) is 5.75 Å². The maximum Gasteiger partial charge on any atom is 0.312 e. The highest BCUT2D eigenvalue weighted by molar-refractivity contribution is 9.10. The molecule has 0 aliphatic heterocycles. The molecule has 0 heterocycles. The number of ether oxygens (including phenoxy) is 2. The summed E-state index contributed by atoms with van der Waals surface area (Å²) in [6, 6.07) is 2.82. The van der Waals surface area contributed by atoms with Crippen LogP contribution in [0.2, 0.25) is 0 Å². The Morgan fingerprint density at radius 1 is 1.40 bits per heavy atom. The molecule has 20 heavy (non-hydrogen) atoms. The first-order valence-corrected chi connectivity index (χ1v) is 6.61. The van der Waals surface area contributed by atoms with E-state index in [1.807, 2.05) is 0 Å². The van der Waals surface area contributed by atoms with Crippen molar-refractivity contribution < 1.29 is 24.6 Å². The number of rotatable bonds is 7. The number of aliphatic hydroxyl groups is 2. The van der Waals surface area contributed by atoms with Gasteiger partial charge in [-0.05, 0) is 13.0 Å². The minimum absolute atomic E-state index is 0.0499. The fourth-order valence-electron chi connectivity index (χ4n) is 1.62. The van der Waals surface area contributed by atoms with Crippen LogP contribution in [0.15, 0.2) is 16.6 Å². The van der Waals surface area contributed by atoms with Crippen LogP contribution in [-0.2, 0) is 4.74 Å². The summed E-state index contributed by atoms with van der Waals surface area (Å²) in [5.41, 5.74) is -0.00409. The normalized spacial score (nSPS) is 13.8. The van der Waals surface area contributed by atoms with E-state index < -0.39 is 17.1 Å². The first kappa shape index (κ1) is 16.8. The lowest BCUT2D eigenvalue weighted by atomic mass is 10.1. The lowest BCUT2D eigenvalue weighted by Gasteiger charge is -2.16. The molecule has 0 aromatic heterocycles. The van der Waals surface area contributed by atoms with E-state index in [9.17, 15) is 20.3 Å². The zero-order chi connectivity index (χ0) is 15.3. The lowest BCUT2D eigenvalue weighted by Crippen LogP contribution is -2.23. The molecule has 1 aromatic carbocycles. The van der Waals surface area contributed by atoms with E-state index >= 15 is 0 Å². The van der Waals surface area contributed by atoms with Crippen molar-refractivity contribution in [3.63, 3.8) is 0 Å². The van der Waals surface area contributed by atoms with E-state index in [1.165, 1.54) is 26.2 Å². The van der Waals surface area contributed by atoms with E-state index in [4.69, 9.17) is 9.47 Å². The van der Waals surface area contributed by atoms with E-state index in [1.54, 1.807) is 0 Å². The molecule has 0 saturated carbocycles.